The van der Waals surface area contributed by atoms with Crippen LogP contribution in [0.5, 0.6) is 0 Å². The average Bonchev–Trinajstić information content (AvgIpc) is 3.21. The van der Waals surface area contributed by atoms with Gasteiger partial charge in [0.25, 0.3) is 0 Å². The first-order valence-corrected chi connectivity index (χ1v) is 9.88. The third kappa shape index (κ3) is 3.55. The van der Waals surface area contributed by atoms with E-state index in [2.05, 4.69) is 96.3 Å². The number of rotatable bonds is 6. The molecule has 138 valence electrons. The normalized spacial score (nSPS) is 19.9. The van der Waals surface area contributed by atoms with Crippen molar-refractivity contribution in [3.05, 3.63) is 108 Å². The highest BCUT2D eigenvalue weighted by molar-refractivity contribution is 5.49. The molecule has 0 saturated heterocycles. The maximum Gasteiger partial charge on any atom is 0.0950 e. The van der Waals surface area contributed by atoms with Crippen LogP contribution in [-0.2, 0) is 5.54 Å². The Morgan fingerprint density at radius 3 is 1.52 bits per heavy atom. The van der Waals surface area contributed by atoms with Gasteiger partial charge in [0, 0.05) is 12.6 Å². The summed E-state index contributed by atoms with van der Waals surface area (Å²) in [7, 11) is 0. The molecule has 27 heavy (non-hydrogen) atoms. The first-order valence-electron chi connectivity index (χ1n) is 9.88. The fourth-order valence-corrected chi connectivity index (χ4v) is 4.49. The second kappa shape index (κ2) is 8.08. The van der Waals surface area contributed by atoms with E-state index in [1.807, 2.05) is 0 Å². The monoisotopic (exact) mass is 357 g/mol. The van der Waals surface area contributed by atoms with Crippen LogP contribution in [0.25, 0.3) is 0 Å². The van der Waals surface area contributed by atoms with Gasteiger partial charge in [0.1, 0.15) is 0 Å². The number of benzene rings is 3. The highest BCUT2D eigenvalue weighted by Gasteiger charge is 2.39. The van der Waals surface area contributed by atoms with E-state index >= 15 is 0 Å². The van der Waals surface area contributed by atoms with E-state index in [-0.39, 0.29) is 6.61 Å². The van der Waals surface area contributed by atoms with Crippen LogP contribution >= 0.6 is 0 Å². The van der Waals surface area contributed by atoms with Gasteiger partial charge in [-0.25, -0.2) is 0 Å². The fourth-order valence-electron chi connectivity index (χ4n) is 4.49. The van der Waals surface area contributed by atoms with Gasteiger partial charge in [0.05, 0.1) is 5.54 Å². The minimum absolute atomic E-state index is 0.285. The standard InChI is InChI=1S/C25H27NO/c27-19-20-16-17-24(18-20)26-25(21-10-4-1-5-11-21,22-12-6-2-7-13-22)23-14-8-3-9-15-23/h1-15,20,24,26-27H,16-19H2/t20?,24-/m0/s1. The Morgan fingerprint density at radius 1 is 0.704 bits per heavy atom. The molecule has 0 amide bonds. The molecule has 1 aliphatic rings. The van der Waals surface area contributed by atoms with Crippen molar-refractivity contribution < 1.29 is 5.11 Å². The van der Waals surface area contributed by atoms with Gasteiger partial charge in [-0.1, -0.05) is 91.0 Å². The van der Waals surface area contributed by atoms with E-state index in [0.29, 0.717) is 12.0 Å². The second-order valence-electron chi connectivity index (χ2n) is 7.55. The Kier molecular flexibility index (Phi) is 5.38. The predicted octanol–water partition coefficient (Wildman–Crippen LogP) is 4.73. The van der Waals surface area contributed by atoms with Crippen molar-refractivity contribution in [3.8, 4) is 0 Å². The first kappa shape index (κ1) is 18.0. The number of hydrogen-bond donors (Lipinski definition) is 2. The summed E-state index contributed by atoms with van der Waals surface area (Å²) in [5.41, 5.74) is 3.33. The molecule has 4 rings (SSSR count). The molecule has 1 unspecified atom stereocenters. The summed E-state index contributed by atoms with van der Waals surface area (Å²) in [6.45, 7) is 0.285. The van der Waals surface area contributed by atoms with Gasteiger partial charge >= 0.3 is 0 Å². The molecule has 0 bridgehead atoms. The van der Waals surface area contributed by atoms with Gasteiger partial charge in [-0.05, 0) is 41.9 Å². The third-order valence-electron chi connectivity index (χ3n) is 5.84. The second-order valence-corrected chi connectivity index (χ2v) is 7.55. The van der Waals surface area contributed by atoms with Crippen LogP contribution in [0.3, 0.4) is 0 Å². The molecule has 1 fully saturated rings. The Labute approximate surface area is 161 Å². The summed E-state index contributed by atoms with van der Waals surface area (Å²) in [5.74, 6) is 0.405. The molecule has 2 heteroatoms. The number of nitrogens with one attached hydrogen (secondary N) is 1. The highest BCUT2D eigenvalue weighted by atomic mass is 16.3. The molecule has 2 atom stereocenters. The van der Waals surface area contributed by atoms with Crippen molar-refractivity contribution in [3.63, 3.8) is 0 Å². The number of aliphatic hydroxyl groups excluding tert-OH is 1. The van der Waals surface area contributed by atoms with Gasteiger partial charge in [-0.2, -0.15) is 0 Å². The molecule has 1 aliphatic carbocycles. The molecule has 2 N–H and O–H groups in total. The Hall–Kier alpha value is -2.42. The van der Waals surface area contributed by atoms with Crippen LogP contribution in [0.4, 0.5) is 0 Å². The van der Waals surface area contributed by atoms with Gasteiger partial charge in [-0.3, -0.25) is 5.32 Å². The molecule has 0 aromatic heterocycles. The molecular weight excluding hydrogens is 330 g/mol. The molecular formula is C25H27NO. The van der Waals surface area contributed by atoms with Gasteiger partial charge in [0.2, 0.25) is 0 Å². The van der Waals surface area contributed by atoms with Gasteiger partial charge in [-0.15, -0.1) is 0 Å². The van der Waals surface area contributed by atoms with E-state index in [9.17, 15) is 5.11 Å². The SMILES string of the molecule is OCC1CC[C@H](NC(c2ccccc2)(c2ccccc2)c2ccccc2)C1. The summed E-state index contributed by atoms with van der Waals surface area (Å²) in [4.78, 5) is 0. The lowest BCUT2D eigenvalue weighted by Crippen LogP contribution is -2.49. The topological polar surface area (TPSA) is 32.3 Å². The molecule has 3 aromatic carbocycles. The van der Waals surface area contributed by atoms with E-state index in [4.69, 9.17) is 0 Å². The minimum Gasteiger partial charge on any atom is -0.396 e. The summed E-state index contributed by atoms with van der Waals surface area (Å²) in [5, 5.41) is 13.6. The Morgan fingerprint density at radius 2 is 1.15 bits per heavy atom. The molecule has 0 spiro atoms. The molecule has 3 aromatic rings. The van der Waals surface area contributed by atoms with Crippen LogP contribution in [0, 0.1) is 5.92 Å². The molecule has 0 heterocycles. The van der Waals surface area contributed by atoms with Crippen molar-refractivity contribution in [2.24, 2.45) is 5.92 Å². The zero-order valence-corrected chi connectivity index (χ0v) is 15.6. The largest absolute Gasteiger partial charge is 0.396 e. The van der Waals surface area contributed by atoms with Crippen molar-refractivity contribution in [2.75, 3.05) is 6.61 Å². The van der Waals surface area contributed by atoms with Crippen LogP contribution in [-0.4, -0.2) is 17.8 Å². The zero-order valence-electron chi connectivity index (χ0n) is 15.6. The third-order valence-corrected chi connectivity index (χ3v) is 5.84. The van der Waals surface area contributed by atoms with Crippen molar-refractivity contribution >= 4 is 0 Å². The van der Waals surface area contributed by atoms with Crippen molar-refractivity contribution in [1.29, 1.82) is 0 Å². The highest BCUT2D eigenvalue weighted by Crippen LogP contribution is 2.39. The first-order chi connectivity index (χ1) is 13.3. The fraction of sp³-hybridized carbons (Fsp3) is 0.280. The van der Waals surface area contributed by atoms with Crippen molar-refractivity contribution in [2.45, 2.75) is 30.8 Å². The van der Waals surface area contributed by atoms with Gasteiger partial charge in [0.15, 0.2) is 0 Å². The lowest BCUT2D eigenvalue weighted by atomic mass is 9.76. The summed E-state index contributed by atoms with van der Waals surface area (Å²) in [6.07, 6.45) is 3.20. The van der Waals surface area contributed by atoms with Crippen LogP contribution in [0.15, 0.2) is 91.0 Å². The van der Waals surface area contributed by atoms with E-state index < -0.39 is 5.54 Å². The summed E-state index contributed by atoms with van der Waals surface area (Å²) in [6, 6.07) is 32.6. The van der Waals surface area contributed by atoms with Crippen molar-refractivity contribution in [1.82, 2.24) is 5.32 Å². The summed E-state index contributed by atoms with van der Waals surface area (Å²) >= 11 is 0. The van der Waals surface area contributed by atoms with Crippen LogP contribution < -0.4 is 5.32 Å². The van der Waals surface area contributed by atoms with E-state index in [1.165, 1.54) is 16.7 Å². The lowest BCUT2D eigenvalue weighted by molar-refractivity contribution is 0.226. The molecule has 0 aliphatic heterocycles. The Bertz CT molecular complexity index is 735. The average molecular weight is 357 g/mol. The minimum atomic E-state index is -0.404. The smallest absolute Gasteiger partial charge is 0.0950 e. The van der Waals surface area contributed by atoms with Gasteiger partial charge < -0.3 is 5.11 Å². The molecule has 1 saturated carbocycles. The van der Waals surface area contributed by atoms with E-state index in [0.717, 1.165) is 19.3 Å². The summed E-state index contributed by atoms with van der Waals surface area (Å²) < 4.78 is 0. The maximum atomic E-state index is 9.61. The Balaban J connectivity index is 1.87. The molecule has 0 radical (unpaired) electrons. The lowest BCUT2D eigenvalue weighted by Gasteiger charge is -2.39. The number of aliphatic hydroxyl groups is 1. The zero-order chi connectivity index (χ0) is 18.5. The van der Waals surface area contributed by atoms with Crippen LogP contribution in [0.2, 0.25) is 0 Å². The molecule has 2 nitrogen and oxygen atoms in total. The van der Waals surface area contributed by atoms with E-state index in [1.54, 1.807) is 0 Å². The number of hydrogen-bond acceptors (Lipinski definition) is 2. The predicted molar refractivity (Wildman–Crippen MR) is 111 cm³/mol. The maximum absolute atomic E-state index is 9.61. The quantitative estimate of drug-likeness (QED) is 0.625. The van der Waals surface area contributed by atoms with Crippen LogP contribution in [0.1, 0.15) is 36.0 Å².